The zero-order valence-electron chi connectivity index (χ0n) is 12.9. The van der Waals surface area contributed by atoms with Crippen LogP contribution in [0.1, 0.15) is 58.8 Å². The SMILES string of the molecule is CCCOCC(=O)N1CCC[C@@H]1[C@@H]1CCCC[C@]1(C)O. The van der Waals surface area contributed by atoms with E-state index in [1.807, 2.05) is 18.7 Å². The van der Waals surface area contributed by atoms with Gasteiger partial charge in [-0.05, 0) is 39.0 Å². The number of amides is 1. The molecule has 0 aromatic rings. The van der Waals surface area contributed by atoms with Gasteiger partial charge in [-0.1, -0.05) is 19.8 Å². The summed E-state index contributed by atoms with van der Waals surface area (Å²) >= 11 is 0. The lowest BCUT2D eigenvalue weighted by atomic mass is 9.72. The zero-order valence-corrected chi connectivity index (χ0v) is 12.9. The van der Waals surface area contributed by atoms with Gasteiger partial charge in [-0.3, -0.25) is 4.79 Å². The molecule has 0 aromatic carbocycles. The van der Waals surface area contributed by atoms with Crippen LogP contribution in [-0.4, -0.2) is 47.3 Å². The van der Waals surface area contributed by atoms with E-state index in [9.17, 15) is 9.90 Å². The third kappa shape index (κ3) is 3.53. The van der Waals surface area contributed by atoms with E-state index in [1.165, 1.54) is 6.42 Å². The second-order valence-corrected chi connectivity index (χ2v) is 6.56. The first-order valence-electron chi connectivity index (χ1n) is 8.16. The number of carbonyl (C=O) groups excluding carboxylic acids is 1. The molecule has 1 amide bonds. The third-order valence-corrected chi connectivity index (χ3v) is 4.90. The first-order chi connectivity index (χ1) is 9.56. The first-order valence-corrected chi connectivity index (χ1v) is 8.16. The van der Waals surface area contributed by atoms with E-state index in [-0.39, 0.29) is 24.5 Å². The lowest BCUT2D eigenvalue weighted by molar-refractivity contribution is -0.141. The molecule has 20 heavy (non-hydrogen) atoms. The monoisotopic (exact) mass is 283 g/mol. The lowest BCUT2D eigenvalue weighted by Gasteiger charge is -2.43. The van der Waals surface area contributed by atoms with E-state index in [1.54, 1.807) is 0 Å². The second-order valence-electron chi connectivity index (χ2n) is 6.56. The Morgan fingerprint density at radius 2 is 2.15 bits per heavy atom. The van der Waals surface area contributed by atoms with Gasteiger partial charge in [0.15, 0.2) is 0 Å². The summed E-state index contributed by atoms with van der Waals surface area (Å²) in [4.78, 5) is 14.3. The van der Waals surface area contributed by atoms with Crippen molar-refractivity contribution < 1.29 is 14.6 Å². The molecule has 4 nitrogen and oxygen atoms in total. The summed E-state index contributed by atoms with van der Waals surface area (Å²) in [7, 11) is 0. The standard InChI is InChI=1S/C16H29NO3/c1-3-11-20-12-15(18)17-10-6-8-14(17)13-7-4-5-9-16(13,2)19/h13-14,19H,3-12H2,1-2H3/t13-,14+,16-/m0/s1. The normalized spacial score (nSPS) is 34.5. The summed E-state index contributed by atoms with van der Waals surface area (Å²) in [6, 6.07) is 0.211. The summed E-state index contributed by atoms with van der Waals surface area (Å²) in [6.07, 6.45) is 7.19. The van der Waals surface area contributed by atoms with E-state index in [0.29, 0.717) is 6.61 Å². The highest BCUT2D eigenvalue weighted by Crippen LogP contribution is 2.40. The molecule has 2 aliphatic rings. The Kier molecular flexibility index (Phi) is 5.44. The van der Waals surface area contributed by atoms with Crippen LogP contribution in [0.2, 0.25) is 0 Å². The Morgan fingerprint density at radius 1 is 1.35 bits per heavy atom. The van der Waals surface area contributed by atoms with E-state index in [0.717, 1.165) is 45.1 Å². The summed E-state index contributed by atoms with van der Waals surface area (Å²) in [6.45, 7) is 5.66. The van der Waals surface area contributed by atoms with Gasteiger partial charge < -0.3 is 14.7 Å². The van der Waals surface area contributed by atoms with Gasteiger partial charge in [0.25, 0.3) is 0 Å². The van der Waals surface area contributed by atoms with E-state index in [2.05, 4.69) is 0 Å². The fraction of sp³-hybridized carbons (Fsp3) is 0.938. The molecule has 1 saturated carbocycles. The minimum Gasteiger partial charge on any atom is -0.390 e. The van der Waals surface area contributed by atoms with E-state index < -0.39 is 5.60 Å². The van der Waals surface area contributed by atoms with E-state index >= 15 is 0 Å². The minimum atomic E-state index is -0.615. The van der Waals surface area contributed by atoms with Crippen LogP contribution in [0.3, 0.4) is 0 Å². The van der Waals surface area contributed by atoms with Crippen LogP contribution < -0.4 is 0 Å². The molecule has 1 heterocycles. The Labute approximate surface area is 122 Å². The van der Waals surface area contributed by atoms with Crippen molar-refractivity contribution in [2.75, 3.05) is 19.8 Å². The van der Waals surface area contributed by atoms with Crippen molar-refractivity contribution in [3.05, 3.63) is 0 Å². The molecule has 1 aliphatic carbocycles. The summed E-state index contributed by atoms with van der Waals surface area (Å²) < 4.78 is 5.39. The average Bonchev–Trinajstić information content (AvgIpc) is 2.87. The number of likely N-dealkylation sites (tertiary alicyclic amines) is 1. The van der Waals surface area contributed by atoms with Crippen molar-refractivity contribution in [3.63, 3.8) is 0 Å². The average molecular weight is 283 g/mol. The molecule has 1 aliphatic heterocycles. The first kappa shape index (κ1) is 15.8. The molecule has 3 atom stereocenters. The number of hydrogen-bond acceptors (Lipinski definition) is 3. The zero-order chi connectivity index (χ0) is 14.6. The minimum absolute atomic E-state index is 0.0994. The van der Waals surface area contributed by atoms with E-state index in [4.69, 9.17) is 4.74 Å². The third-order valence-electron chi connectivity index (χ3n) is 4.90. The fourth-order valence-corrected chi connectivity index (χ4v) is 3.86. The number of aliphatic hydroxyl groups is 1. The van der Waals surface area contributed by atoms with Gasteiger partial charge >= 0.3 is 0 Å². The summed E-state index contributed by atoms with van der Waals surface area (Å²) in [5, 5.41) is 10.6. The molecule has 0 bridgehead atoms. The molecule has 0 unspecified atom stereocenters. The smallest absolute Gasteiger partial charge is 0.248 e. The maximum absolute atomic E-state index is 12.3. The lowest BCUT2D eigenvalue weighted by Crippen LogP contribution is -2.51. The number of nitrogens with zero attached hydrogens (tertiary/aromatic N) is 1. The van der Waals surface area contributed by atoms with Crippen molar-refractivity contribution in [2.24, 2.45) is 5.92 Å². The topological polar surface area (TPSA) is 49.8 Å². The van der Waals surface area contributed by atoms with Gasteiger partial charge in [-0.2, -0.15) is 0 Å². The molecule has 0 spiro atoms. The van der Waals surface area contributed by atoms with Gasteiger partial charge in [0.1, 0.15) is 6.61 Å². The summed E-state index contributed by atoms with van der Waals surface area (Å²) in [5.74, 6) is 0.330. The molecule has 1 N–H and O–H groups in total. The maximum atomic E-state index is 12.3. The van der Waals surface area contributed by atoms with Gasteiger partial charge in [0, 0.05) is 25.1 Å². The quantitative estimate of drug-likeness (QED) is 0.788. The number of rotatable bonds is 5. The highest BCUT2D eigenvalue weighted by Gasteiger charge is 2.44. The largest absolute Gasteiger partial charge is 0.390 e. The highest BCUT2D eigenvalue weighted by molar-refractivity contribution is 5.78. The molecule has 2 fully saturated rings. The van der Waals surface area contributed by atoms with Crippen LogP contribution in [0.5, 0.6) is 0 Å². The molecule has 4 heteroatoms. The molecule has 1 saturated heterocycles. The van der Waals surface area contributed by atoms with Crippen molar-refractivity contribution in [3.8, 4) is 0 Å². The second kappa shape index (κ2) is 6.90. The van der Waals surface area contributed by atoms with Crippen molar-refractivity contribution >= 4 is 5.91 Å². The molecular formula is C16H29NO3. The molecule has 0 radical (unpaired) electrons. The highest BCUT2D eigenvalue weighted by atomic mass is 16.5. The number of hydrogen-bond donors (Lipinski definition) is 1. The Morgan fingerprint density at radius 3 is 2.85 bits per heavy atom. The molecular weight excluding hydrogens is 254 g/mol. The molecule has 2 rings (SSSR count). The van der Waals surface area contributed by atoms with Crippen LogP contribution in [0, 0.1) is 5.92 Å². The van der Waals surface area contributed by atoms with Gasteiger partial charge in [0.2, 0.25) is 5.91 Å². The van der Waals surface area contributed by atoms with Gasteiger partial charge in [-0.25, -0.2) is 0 Å². The predicted molar refractivity (Wildman–Crippen MR) is 78.4 cm³/mol. The number of carbonyl (C=O) groups is 1. The van der Waals surface area contributed by atoms with Crippen LogP contribution in [-0.2, 0) is 9.53 Å². The summed E-state index contributed by atoms with van der Waals surface area (Å²) in [5.41, 5.74) is -0.615. The van der Waals surface area contributed by atoms with Crippen LogP contribution in [0.4, 0.5) is 0 Å². The number of ether oxygens (including phenoxy) is 1. The Balaban J connectivity index is 1.97. The van der Waals surface area contributed by atoms with Crippen molar-refractivity contribution in [1.82, 2.24) is 4.90 Å². The Hall–Kier alpha value is -0.610. The Bertz CT molecular complexity index is 330. The molecule has 0 aromatic heterocycles. The van der Waals surface area contributed by atoms with Crippen molar-refractivity contribution in [2.45, 2.75) is 70.4 Å². The van der Waals surface area contributed by atoms with Crippen LogP contribution in [0.25, 0.3) is 0 Å². The molecule has 116 valence electrons. The van der Waals surface area contributed by atoms with Gasteiger partial charge in [0.05, 0.1) is 5.60 Å². The predicted octanol–water partition coefficient (Wildman–Crippen LogP) is 2.35. The fourth-order valence-electron chi connectivity index (χ4n) is 3.86. The van der Waals surface area contributed by atoms with Crippen molar-refractivity contribution in [1.29, 1.82) is 0 Å². The van der Waals surface area contributed by atoms with Crippen LogP contribution in [0.15, 0.2) is 0 Å². The van der Waals surface area contributed by atoms with Gasteiger partial charge in [-0.15, -0.1) is 0 Å². The van der Waals surface area contributed by atoms with Crippen LogP contribution >= 0.6 is 0 Å². The maximum Gasteiger partial charge on any atom is 0.248 e.